The summed E-state index contributed by atoms with van der Waals surface area (Å²) in [6.45, 7) is 0. The maximum Gasteiger partial charge on any atom is 0.234 e. The minimum Gasteiger partial charge on any atom is -0.368 e. The molecule has 1 heterocycles. The fourth-order valence-corrected chi connectivity index (χ4v) is 2.42. The normalized spacial score (nSPS) is 10.5. The average molecular weight is 354 g/mol. The Morgan fingerprint density at radius 1 is 1.21 bits per heavy atom. The number of rotatable bonds is 6. The van der Waals surface area contributed by atoms with Gasteiger partial charge >= 0.3 is 0 Å². The molecule has 24 heavy (non-hydrogen) atoms. The fraction of sp³-hybridized carbons (Fsp3) is 0.286. The summed E-state index contributed by atoms with van der Waals surface area (Å²) in [5.41, 5.74) is 5.68. The van der Waals surface area contributed by atoms with Crippen LogP contribution in [0.3, 0.4) is 0 Å². The Labute approximate surface area is 141 Å². The van der Waals surface area contributed by atoms with Crippen LogP contribution in [0.25, 0.3) is 0 Å². The molecule has 1 amide bonds. The second kappa shape index (κ2) is 7.86. The number of benzene rings is 1. The van der Waals surface area contributed by atoms with Gasteiger partial charge in [-0.3, -0.25) is 4.79 Å². The van der Waals surface area contributed by atoms with Crippen molar-refractivity contribution in [2.45, 2.75) is 5.75 Å². The summed E-state index contributed by atoms with van der Waals surface area (Å²) in [6.07, 6.45) is 0. The van der Waals surface area contributed by atoms with E-state index in [-0.39, 0.29) is 23.3 Å². The van der Waals surface area contributed by atoms with Crippen molar-refractivity contribution in [1.29, 1.82) is 0 Å². The fourth-order valence-electron chi connectivity index (χ4n) is 1.75. The molecule has 2 rings (SSSR count). The number of amides is 1. The van der Waals surface area contributed by atoms with E-state index in [4.69, 9.17) is 5.73 Å². The first-order valence-corrected chi connectivity index (χ1v) is 8.00. The van der Waals surface area contributed by atoms with E-state index in [1.54, 1.807) is 19.0 Å². The van der Waals surface area contributed by atoms with Crippen molar-refractivity contribution in [3.8, 4) is 0 Å². The zero-order chi connectivity index (χ0) is 17.7. The van der Waals surface area contributed by atoms with E-state index in [2.05, 4.69) is 20.3 Å². The number of hydrogen-bond donors (Lipinski definition) is 2. The number of nitrogens with one attached hydrogen (secondary N) is 1. The lowest BCUT2D eigenvalue weighted by molar-refractivity contribution is -0.113. The highest BCUT2D eigenvalue weighted by molar-refractivity contribution is 7.99. The van der Waals surface area contributed by atoms with Gasteiger partial charge in [-0.2, -0.15) is 15.0 Å². The van der Waals surface area contributed by atoms with Gasteiger partial charge in [0.1, 0.15) is 17.5 Å². The van der Waals surface area contributed by atoms with Crippen LogP contribution in [0.5, 0.6) is 0 Å². The Hall–Kier alpha value is -2.49. The molecule has 10 heteroatoms. The van der Waals surface area contributed by atoms with Gasteiger partial charge in [-0.1, -0.05) is 0 Å². The predicted octanol–water partition coefficient (Wildman–Crippen LogP) is 1.67. The van der Waals surface area contributed by atoms with Gasteiger partial charge in [-0.05, 0) is 12.1 Å². The largest absolute Gasteiger partial charge is 0.368 e. The first-order chi connectivity index (χ1) is 11.3. The lowest BCUT2D eigenvalue weighted by Gasteiger charge is -2.11. The molecule has 0 fully saturated rings. The number of nitrogens with zero attached hydrogens (tertiary/aromatic N) is 4. The Bertz CT molecular complexity index is 723. The van der Waals surface area contributed by atoms with Crippen LogP contribution in [0.15, 0.2) is 18.2 Å². The molecule has 0 aliphatic heterocycles. The Balaban J connectivity index is 1.88. The number of nitrogens with two attached hydrogens (primary N) is 1. The number of hydrogen-bond acceptors (Lipinski definition) is 7. The maximum absolute atomic E-state index is 13.1. The number of anilines is 3. The molecule has 3 N–H and O–H groups in total. The molecular formula is C14H16F2N6OS. The molecule has 7 nitrogen and oxygen atoms in total. The zero-order valence-corrected chi connectivity index (χ0v) is 13.9. The molecule has 128 valence electrons. The Morgan fingerprint density at radius 3 is 2.50 bits per heavy atom. The topological polar surface area (TPSA) is 97.0 Å². The SMILES string of the molecule is CN(C)c1nc(N)nc(CSCC(=O)Nc2cc(F)cc(F)c2)n1. The van der Waals surface area contributed by atoms with Gasteiger partial charge in [0.25, 0.3) is 0 Å². The average Bonchev–Trinajstić information content (AvgIpc) is 2.45. The van der Waals surface area contributed by atoms with E-state index >= 15 is 0 Å². The highest BCUT2D eigenvalue weighted by Crippen LogP contribution is 2.15. The highest BCUT2D eigenvalue weighted by Gasteiger charge is 2.09. The predicted molar refractivity (Wildman–Crippen MR) is 89.7 cm³/mol. The van der Waals surface area contributed by atoms with Gasteiger partial charge < -0.3 is 16.0 Å². The van der Waals surface area contributed by atoms with Crippen molar-refractivity contribution in [3.05, 3.63) is 35.7 Å². The van der Waals surface area contributed by atoms with Crippen molar-refractivity contribution in [1.82, 2.24) is 15.0 Å². The number of nitrogen functional groups attached to an aromatic ring is 1. The molecular weight excluding hydrogens is 338 g/mol. The molecule has 1 aromatic carbocycles. The van der Waals surface area contributed by atoms with Crippen LogP contribution >= 0.6 is 11.8 Å². The number of carbonyl (C=O) groups is 1. The molecule has 0 aliphatic carbocycles. The van der Waals surface area contributed by atoms with Crippen LogP contribution in [0.2, 0.25) is 0 Å². The van der Waals surface area contributed by atoms with Gasteiger partial charge in [-0.15, -0.1) is 11.8 Å². The second-order valence-corrected chi connectivity index (χ2v) is 5.99. The number of aromatic nitrogens is 3. The third kappa shape index (κ3) is 5.30. The summed E-state index contributed by atoms with van der Waals surface area (Å²) in [6, 6.07) is 2.82. The molecule has 0 aliphatic rings. The third-order valence-corrected chi connectivity index (χ3v) is 3.63. The van der Waals surface area contributed by atoms with E-state index in [9.17, 15) is 13.6 Å². The summed E-state index contributed by atoms with van der Waals surface area (Å²) in [5.74, 6) is -0.508. The maximum atomic E-state index is 13.1. The number of carbonyl (C=O) groups excluding carboxylic acids is 1. The zero-order valence-electron chi connectivity index (χ0n) is 13.1. The quantitative estimate of drug-likeness (QED) is 0.814. The minimum absolute atomic E-state index is 0.0670. The van der Waals surface area contributed by atoms with E-state index in [0.717, 1.165) is 18.2 Å². The number of thioether (sulfide) groups is 1. The van der Waals surface area contributed by atoms with E-state index in [1.807, 2.05) is 0 Å². The van der Waals surface area contributed by atoms with Crippen LogP contribution < -0.4 is 16.0 Å². The van der Waals surface area contributed by atoms with Crippen LogP contribution in [0, 0.1) is 11.6 Å². The van der Waals surface area contributed by atoms with Gasteiger partial charge in [-0.25, -0.2) is 8.78 Å². The molecule has 0 unspecified atom stereocenters. The van der Waals surface area contributed by atoms with E-state index in [1.165, 1.54) is 11.8 Å². The van der Waals surface area contributed by atoms with Gasteiger partial charge in [0.15, 0.2) is 0 Å². The molecule has 2 aromatic rings. The summed E-state index contributed by atoms with van der Waals surface area (Å²) in [4.78, 5) is 25.7. The monoisotopic (exact) mass is 354 g/mol. The van der Waals surface area contributed by atoms with Gasteiger partial charge in [0, 0.05) is 25.8 Å². The van der Waals surface area contributed by atoms with Crippen LogP contribution in [-0.2, 0) is 10.5 Å². The summed E-state index contributed by atoms with van der Waals surface area (Å²) in [7, 11) is 3.55. The summed E-state index contributed by atoms with van der Waals surface area (Å²) in [5, 5.41) is 2.42. The molecule has 0 bridgehead atoms. The molecule has 0 atom stereocenters. The van der Waals surface area contributed by atoms with Crippen molar-refractivity contribution in [3.63, 3.8) is 0 Å². The van der Waals surface area contributed by atoms with Crippen molar-refractivity contribution in [2.24, 2.45) is 0 Å². The molecule has 1 aromatic heterocycles. The van der Waals surface area contributed by atoms with Gasteiger partial charge in [0.2, 0.25) is 17.8 Å². The molecule has 0 radical (unpaired) electrons. The second-order valence-electron chi connectivity index (χ2n) is 5.00. The smallest absolute Gasteiger partial charge is 0.234 e. The standard InChI is InChI=1S/C14H16F2N6OS/c1-22(2)14-20-11(19-13(17)21-14)6-24-7-12(23)18-10-4-8(15)3-9(16)5-10/h3-5H,6-7H2,1-2H3,(H,18,23)(H2,17,19,20,21). The third-order valence-electron chi connectivity index (χ3n) is 2.70. The highest BCUT2D eigenvalue weighted by atomic mass is 32.2. The lowest BCUT2D eigenvalue weighted by Crippen LogP contribution is -2.17. The van der Waals surface area contributed by atoms with Crippen LogP contribution in [-0.4, -0.2) is 40.7 Å². The van der Waals surface area contributed by atoms with Crippen molar-refractivity contribution < 1.29 is 13.6 Å². The first kappa shape index (κ1) is 17.9. The molecule has 0 spiro atoms. The van der Waals surface area contributed by atoms with E-state index in [0.29, 0.717) is 17.5 Å². The number of halogens is 2. The summed E-state index contributed by atoms with van der Waals surface area (Å²) < 4.78 is 26.1. The van der Waals surface area contributed by atoms with Crippen LogP contribution in [0.4, 0.5) is 26.4 Å². The lowest BCUT2D eigenvalue weighted by atomic mass is 10.3. The minimum atomic E-state index is -0.755. The summed E-state index contributed by atoms with van der Waals surface area (Å²) >= 11 is 1.24. The first-order valence-electron chi connectivity index (χ1n) is 6.85. The Kier molecular flexibility index (Phi) is 5.85. The van der Waals surface area contributed by atoms with Crippen LogP contribution in [0.1, 0.15) is 5.82 Å². The molecule has 0 saturated carbocycles. The van der Waals surface area contributed by atoms with Crippen molar-refractivity contribution in [2.75, 3.05) is 35.8 Å². The van der Waals surface area contributed by atoms with Gasteiger partial charge in [0.05, 0.1) is 11.5 Å². The van der Waals surface area contributed by atoms with Crippen molar-refractivity contribution >= 4 is 35.3 Å². The Morgan fingerprint density at radius 2 is 1.88 bits per heavy atom. The molecule has 0 saturated heterocycles. The van der Waals surface area contributed by atoms with E-state index < -0.39 is 11.6 Å².